The second-order valence-electron chi connectivity index (χ2n) is 6.68. The number of halogens is 4. The quantitative estimate of drug-likeness (QED) is 0.401. The molecule has 0 amide bonds. The van der Waals surface area contributed by atoms with Gasteiger partial charge in [0.05, 0.1) is 11.9 Å². The fraction of sp³-hybridized carbons (Fsp3) is 0.238. The molecule has 0 atom stereocenters. The average molecular weight is 436 g/mol. The number of imidazole rings is 1. The summed E-state index contributed by atoms with van der Waals surface area (Å²) in [4.78, 5) is 5.73. The molecule has 0 spiro atoms. The molecular formula is C21H20F4N4S. The van der Waals surface area contributed by atoms with Gasteiger partial charge in [-0.1, -0.05) is 24.3 Å². The Hall–Kier alpha value is -2.94. The van der Waals surface area contributed by atoms with Gasteiger partial charge in [0.25, 0.3) is 0 Å². The summed E-state index contributed by atoms with van der Waals surface area (Å²) in [7, 11) is 0. The summed E-state index contributed by atoms with van der Waals surface area (Å²) in [5.41, 5.74) is -0.0904. The van der Waals surface area contributed by atoms with Crippen LogP contribution in [0.4, 0.5) is 23.2 Å². The predicted octanol–water partition coefficient (Wildman–Crippen LogP) is 5.33. The summed E-state index contributed by atoms with van der Waals surface area (Å²) in [6, 6.07) is 11.2. The van der Waals surface area contributed by atoms with Crippen LogP contribution in [0.3, 0.4) is 0 Å². The minimum Gasteiger partial charge on any atom is -0.345 e. The Balaban J connectivity index is 1.72. The van der Waals surface area contributed by atoms with Crippen LogP contribution < -0.4 is 5.32 Å². The number of aromatic nitrogens is 2. The molecule has 4 nitrogen and oxygen atoms in total. The average Bonchev–Trinajstić information content (AvgIpc) is 3.22. The molecule has 0 bridgehead atoms. The van der Waals surface area contributed by atoms with Gasteiger partial charge in [-0.3, -0.25) is 0 Å². The Kier molecular flexibility index (Phi) is 7.04. The lowest BCUT2D eigenvalue weighted by Crippen LogP contribution is -2.35. The highest BCUT2D eigenvalue weighted by Crippen LogP contribution is 2.30. The number of anilines is 1. The minimum atomic E-state index is -4.45. The Morgan fingerprint density at radius 3 is 2.63 bits per heavy atom. The number of hydrogen-bond donors (Lipinski definition) is 1. The maximum atomic E-state index is 14.1. The van der Waals surface area contributed by atoms with Gasteiger partial charge in [0.15, 0.2) is 5.11 Å². The molecule has 2 aromatic carbocycles. The minimum absolute atomic E-state index is 0.196. The molecule has 0 unspecified atom stereocenters. The Morgan fingerprint density at radius 1 is 1.13 bits per heavy atom. The van der Waals surface area contributed by atoms with E-state index in [0.29, 0.717) is 25.1 Å². The molecule has 0 saturated carbocycles. The van der Waals surface area contributed by atoms with Crippen LogP contribution in [0.15, 0.2) is 67.3 Å². The zero-order valence-electron chi connectivity index (χ0n) is 15.9. The van der Waals surface area contributed by atoms with Crippen LogP contribution in [-0.2, 0) is 19.3 Å². The topological polar surface area (TPSA) is 33.1 Å². The molecule has 0 fully saturated rings. The van der Waals surface area contributed by atoms with Crippen molar-refractivity contribution in [2.45, 2.75) is 25.7 Å². The first-order valence-electron chi connectivity index (χ1n) is 9.25. The lowest BCUT2D eigenvalue weighted by molar-refractivity contribution is -0.137. The number of hydrogen-bond acceptors (Lipinski definition) is 2. The molecule has 30 heavy (non-hydrogen) atoms. The van der Waals surface area contributed by atoms with E-state index in [-0.39, 0.29) is 23.2 Å². The van der Waals surface area contributed by atoms with E-state index in [1.54, 1.807) is 35.6 Å². The predicted molar refractivity (Wildman–Crippen MR) is 111 cm³/mol. The van der Waals surface area contributed by atoms with Crippen molar-refractivity contribution in [3.05, 3.63) is 84.2 Å². The molecule has 3 aromatic rings. The fourth-order valence-corrected chi connectivity index (χ4v) is 3.20. The largest absolute Gasteiger partial charge is 0.416 e. The van der Waals surface area contributed by atoms with Crippen molar-refractivity contribution in [1.82, 2.24) is 14.5 Å². The van der Waals surface area contributed by atoms with Gasteiger partial charge >= 0.3 is 6.18 Å². The molecule has 0 radical (unpaired) electrons. The second kappa shape index (κ2) is 9.71. The normalized spacial score (nSPS) is 11.3. The molecule has 1 aromatic heterocycles. The van der Waals surface area contributed by atoms with Gasteiger partial charge in [-0.2, -0.15) is 13.2 Å². The smallest absolute Gasteiger partial charge is 0.345 e. The first-order valence-corrected chi connectivity index (χ1v) is 9.66. The van der Waals surface area contributed by atoms with Crippen LogP contribution in [0.1, 0.15) is 17.5 Å². The van der Waals surface area contributed by atoms with Crippen molar-refractivity contribution in [2.24, 2.45) is 0 Å². The highest BCUT2D eigenvalue weighted by atomic mass is 32.1. The van der Waals surface area contributed by atoms with Crippen LogP contribution in [0.25, 0.3) is 0 Å². The van der Waals surface area contributed by atoms with Gasteiger partial charge in [-0.05, 0) is 42.9 Å². The van der Waals surface area contributed by atoms with Gasteiger partial charge in [0.2, 0.25) is 0 Å². The van der Waals surface area contributed by atoms with E-state index in [9.17, 15) is 17.6 Å². The monoisotopic (exact) mass is 436 g/mol. The summed E-state index contributed by atoms with van der Waals surface area (Å²) in [6.07, 6.45) is 1.45. The van der Waals surface area contributed by atoms with Crippen molar-refractivity contribution < 1.29 is 17.6 Å². The van der Waals surface area contributed by atoms with Gasteiger partial charge in [-0.25, -0.2) is 9.37 Å². The lowest BCUT2D eigenvalue weighted by Gasteiger charge is -2.26. The number of benzene rings is 2. The molecule has 9 heteroatoms. The maximum absolute atomic E-state index is 14.1. The van der Waals surface area contributed by atoms with E-state index in [0.717, 1.165) is 12.1 Å². The number of thiocarbonyl (C=S) groups is 1. The highest BCUT2D eigenvalue weighted by Gasteiger charge is 2.30. The summed E-state index contributed by atoms with van der Waals surface area (Å²) < 4.78 is 55.0. The van der Waals surface area contributed by atoms with E-state index in [1.165, 1.54) is 18.2 Å². The Labute approximate surface area is 177 Å². The molecule has 0 saturated heterocycles. The van der Waals surface area contributed by atoms with Crippen molar-refractivity contribution in [2.75, 3.05) is 11.9 Å². The zero-order valence-corrected chi connectivity index (χ0v) is 16.8. The third kappa shape index (κ3) is 6.03. The zero-order chi connectivity index (χ0) is 21.6. The number of alkyl halides is 3. The van der Waals surface area contributed by atoms with E-state index in [1.807, 2.05) is 10.8 Å². The summed E-state index contributed by atoms with van der Waals surface area (Å²) in [6.45, 7) is 1.36. The molecule has 0 aliphatic heterocycles. The van der Waals surface area contributed by atoms with E-state index in [2.05, 4.69) is 10.3 Å². The molecule has 1 N–H and O–H groups in total. The van der Waals surface area contributed by atoms with Gasteiger partial charge < -0.3 is 14.8 Å². The van der Waals surface area contributed by atoms with Gasteiger partial charge in [0, 0.05) is 43.3 Å². The molecular weight excluding hydrogens is 416 g/mol. The van der Waals surface area contributed by atoms with Crippen LogP contribution in [0.2, 0.25) is 0 Å². The van der Waals surface area contributed by atoms with Crippen LogP contribution in [-0.4, -0.2) is 26.1 Å². The van der Waals surface area contributed by atoms with Crippen LogP contribution >= 0.6 is 12.2 Å². The van der Waals surface area contributed by atoms with E-state index < -0.39 is 11.7 Å². The summed E-state index contributed by atoms with van der Waals surface area (Å²) in [5.74, 6) is -0.362. The number of rotatable bonds is 7. The Morgan fingerprint density at radius 2 is 1.93 bits per heavy atom. The summed E-state index contributed by atoms with van der Waals surface area (Å²) in [5, 5.41) is 3.08. The van der Waals surface area contributed by atoms with E-state index in [4.69, 9.17) is 12.2 Å². The van der Waals surface area contributed by atoms with Crippen molar-refractivity contribution in [3.63, 3.8) is 0 Å². The number of aryl methyl sites for hydroxylation is 1. The van der Waals surface area contributed by atoms with Crippen molar-refractivity contribution in [1.29, 1.82) is 0 Å². The van der Waals surface area contributed by atoms with Gasteiger partial charge in [0.1, 0.15) is 5.82 Å². The van der Waals surface area contributed by atoms with Gasteiger partial charge in [-0.15, -0.1) is 0 Å². The molecule has 0 aliphatic rings. The number of nitrogens with zero attached hydrogens (tertiary/aromatic N) is 3. The van der Waals surface area contributed by atoms with Crippen LogP contribution in [0.5, 0.6) is 0 Å². The van der Waals surface area contributed by atoms with E-state index >= 15 is 0 Å². The van der Waals surface area contributed by atoms with Crippen molar-refractivity contribution in [3.8, 4) is 0 Å². The highest BCUT2D eigenvalue weighted by molar-refractivity contribution is 7.80. The van der Waals surface area contributed by atoms with Crippen molar-refractivity contribution >= 4 is 23.0 Å². The fourth-order valence-electron chi connectivity index (χ4n) is 2.92. The lowest BCUT2D eigenvalue weighted by atomic mass is 10.2. The summed E-state index contributed by atoms with van der Waals surface area (Å²) >= 11 is 5.44. The SMILES string of the molecule is Fc1ccccc1CN(CCCn1ccnc1)C(=S)Nc1cccc(C(F)(F)F)c1. The molecule has 158 valence electrons. The van der Waals surface area contributed by atoms with Crippen LogP contribution in [0, 0.1) is 5.82 Å². The Bertz CT molecular complexity index is 973. The molecule has 1 heterocycles. The maximum Gasteiger partial charge on any atom is 0.416 e. The third-order valence-corrected chi connectivity index (χ3v) is 4.81. The number of nitrogens with one attached hydrogen (secondary N) is 1. The first kappa shape index (κ1) is 21.8. The molecule has 3 rings (SSSR count). The first-order chi connectivity index (χ1) is 14.3. The standard InChI is InChI=1S/C21H20F4N4S/c22-19-8-2-1-5-16(19)14-29(11-4-10-28-12-9-26-15-28)20(30)27-18-7-3-6-17(13-18)21(23,24)25/h1-3,5-9,12-13,15H,4,10-11,14H2,(H,27,30). The third-order valence-electron chi connectivity index (χ3n) is 4.45. The molecule has 0 aliphatic carbocycles. The second-order valence-corrected chi connectivity index (χ2v) is 7.06.